The smallest absolute Gasteiger partial charge is 0.322 e. The number of amides is 1. The third-order valence-electron chi connectivity index (χ3n) is 10.7. The normalized spacial score (nSPS) is 45.2. The predicted molar refractivity (Wildman–Crippen MR) is 120 cm³/mol. The Kier molecular flexibility index (Phi) is 6.46. The zero-order valence-electron chi connectivity index (χ0n) is 19.7. The Labute approximate surface area is 187 Å². The molecule has 0 saturated heterocycles. The molecule has 0 aromatic rings. The molecule has 4 aliphatic rings. The summed E-state index contributed by atoms with van der Waals surface area (Å²) in [6.07, 6.45) is 12.3. The average molecular weight is 434 g/mol. The summed E-state index contributed by atoms with van der Waals surface area (Å²) >= 11 is 0. The third-order valence-corrected chi connectivity index (χ3v) is 10.7. The molecule has 4 aliphatic carbocycles. The molecule has 4 rings (SSSR count). The second-order valence-electron chi connectivity index (χ2n) is 12.0. The second-order valence-corrected chi connectivity index (χ2v) is 12.0. The minimum Gasteiger partial charge on any atom is -0.480 e. The highest BCUT2D eigenvalue weighted by Gasteiger charge is 2.60. The van der Waals surface area contributed by atoms with Gasteiger partial charge in [0.25, 0.3) is 0 Å². The van der Waals surface area contributed by atoms with Gasteiger partial charge in [0, 0.05) is 6.42 Å². The average Bonchev–Trinajstić information content (AvgIpc) is 3.08. The van der Waals surface area contributed by atoms with Crippen LogP contribution < -0.4 is 5.32 Å². The minimum atomic E-state index is -0.986. The Bertz CT molecular complexity index is 695. The first kappa shape index (κ1) is 23.1. The van der Waals surface area contributed by atoms with Gasteiger partial charge in [-0.3, -0.25) is 9.59 Å². The van der Waals surface area contributed by atoms with Gasteiger partial charge in [-0.2, -0.15) is 0 Å². The van der Waals surface area contributed by atoms with Gasteiger partial charge >= 0.3 is 5.97 Å². The molecule has 4 fully saturated rings. The third kappa shape index (κ3) is 4.16. The highest BCUT2D eigenvalue weighted by molar-refractivity contribution is 5.81. The highest BCUT2D eigenvalue weighted by Crippen LogP contribution is 2.68. The monoisotopic (exact) mass is 433 g/mol. The number of carboxylic acid groups (broad SMARTS) is 1. The zero-order chi connectivity index (χ0) is 22.4. The van der Waals surface area contributed by atoms with Crippen molar-refractivity contribution < 1.29 is 19.8 Å². The van der Waals surface area contributed by atoms with Crippen LogP contribution in [0.2, 0.25) is 0 Å². The van der Waals surface area contributed by atoms with E-state index in [1.165, 1.54) is 44.9 Å². The van der Waals surface area contributed by atoms with Gasteiger partial charge in [0.2, 0.25) is 5.91 Å². The molecular weight excluding hydrogens is 390 g/mol. The van der Waals surface area contributed by atoms with E-state index in [1.807, 2.05) is 0 Å². The van der Waals surface area contributed by atoms with Crippen LogP contribution in [-0.4, -0.2) is 34.7 Å². The number of carboxylic acids is 1. The fourth-order valence-corrected chi connectivity index (χ4v) is 9.03. The fraction of sp³-hybridized carbons (Fsp3) is 0.923. The van der Waals surface area contributed by atoms with E-state index in [-0.39, 0.29) is 18.6 Å². The van der Waals surface area contributed by atoms with Crippen molar-refractivity contribution in [3.63, 3.8) is 0 Å². The van der Waals surface area contributed by atoms with Crippen molar-refractivity contribution in [3.05, 3.63) is 0 Å². The molecule has 0 radical (unpaired) electrons. The molecule has 0 bridgehead atoms. The summed E-state index contributed by atoms with van der Waals surface area (Å²) in [5, 5.41) is 21.5. The lowest BCUT2D eigenvalue weighted by Crippen LogP contribution is -2.54. The first-order valence-electron chi connectivity index (χ1n) is 12.8. The number of aliphatic hydroxyl groups excluding tert-OH is 1. The van der Waals surface area contributed by atoms with Gasteiger partial charge in [-0.25, -0.2) is 0 Å². The quantitative estimate of drug-likeness (QED) is 0.570. The van der Waals surface area contributed by atoms with E-state index in [1.54, 1.807) is 0 Å². The topological polar surface area (TPSA) is 86.6 Å². The molecule has 0 unspecified atom stereocenters. The van der Waals surface area contributed by atoms with Crippen LogP contribution in [0.1, 0.15) is 91.4 Å². The number of aliphatic hydroxyl groups is 1. The van der Waals surface area contributed by atoms with Crippen LogP contribution in [0.25, 0.3) is 0 Å². The summed E-state index contributed by atoms with van der Waals surface area (Å²) in [4.78, 5) is 22.7. The predicted octanol–water partition coefficient (Wildman–Crippen LogP) is 4.62. The first-order valence-corrected chi connectivity index (χ1v) is 12.8. The van der Waals surface area contributed by atoms with Crippen molar-refractivity contribution in [1.29, 1.82) is 0 Å². The molecule has 31 heavy (non-hydrogen) atoms. The van der Waals surface area contributed by atoms with Gasteiger partial charge in [-0.1, -0.05) is 20.8 Å². The Morgan fingerprint density at radius 1 is 1.00 bits per heavy atom. The molecule has 9 atom stereocenters. The lowest BCUT2D eigenvalue weighted by atomic mass is 9.44. The van der Waals surface area contributed by atoms with Crippen molar-refractivity contribution >= 4 is 11.9 Å². The molecule has 0 aliphatic heterocycles. The van der Waals surface area contributed by atoms with Crippen molar-refractivity contribution in [2.75, 3.05) is 6.54 Å². The largest absolute Gasteiger partial charge is 0.480 e. The summed E-state index contributed by atoms with van der Waals surface area (Å²) in [6.45, 7) is 7.13. The Balaban J connectivity index is 1.40. The Morgan fingerprint density at radius 3 is 2.45 bits per heavy atom. The number of hydrogen-bond donors (Lipinski definition) is 3. The lowest BCUT2D eigenvalue weighted by molar-refractivity contribution is -0.138. The van der Waals surface area contributed by atoms with Crippen LogP contribution >= 0.6 is 0 Å². The van der Waals surface area contributed by atoms with E-state index in [2.05, 4.69) is 26.1 Å². The standard InChI is InChI=1S/C26H43NO4/c1-16(4-9-23(29)27-15-24(30)31)20-7-8-21-19-6-5-17-14-18(28)10-12-25(17,2)22(19)11-13-26(20,21)3/h16-22,28H,4-15H2,1-3H3,(H,27,29)(H,30,31)/t16-,17-,18-,19+,20-,21-,22-,25+,26-/m1/s1. The maximum Gasteiger partial charge on any atom is 0.322 e. The van der Waals surface area contributed by atoms with Gasteiger partial charge in [-0.05, 0) is 111 Å². The van der Waals surface area contributed by atoms with Gasteiger partial charge in [0.1, 0.15) is 6.54 Å². The van der Waals surface area contributed by atoms with Crippen LogP contribution in [0.5, 0.6) is 0 Å². The van der Waals surface area contributed by atoms with Crippen LogP contribution in [-0.2, 0) is 9.59 Å². The number of rotatable bonds is 6. The van der Waals surface area contributed by atoms with Crippen molar-refractivity contribution in [1.82, 2.24) is 5.32 Å². The van der Waals surface area contributed by atoms with Crippen molar-refractivity contribution in [2.45, 2.75) is 97.5 Å². The number of aliphatic carboxylic acids is 1. The molecule has 1 amide bonds. The van der Waals surface area contributed by atoms with Crippen molar-refractivity contribution in [3.8, 4) is 0 Å². The number of fused-ring (bicyclic) bond motifs is 5. The summed E-state index contributed by atoms with van der Waals surface area (Å²) in [6, 6.07) is 0. The number of carbonyl (C=O) groups excluding carboxylic acids is 1. The van der Waals surface area contributed by atoms with Gasteiger partial charge in [0.05, 0.1) is 6.10 Å². The van der Waals surface area contributed by atoms with E-state index >= 15 is 0 Å². The van der Waals surface area contributed by atoms with E-state index in [4.69, 9.17) is 5.11 Å². The van der Waals surface area contributed by atoms with Crippen LogP contribution in [0.3, 0.4) is 0 Å². The van der Waals surface area contributed by atoms with E-state index in [0.717, 1.165) is 37.0 Å². The Hall–Kier alpha value is -1.10. The van der Waals surface area contributed by atoms with Gasteiger partial charge < -0.3 is 15.5 Å². The number of carbonyl (C=O) groups is 2. The van der Waals surface area contributed by atoms with Gasteiger partial charge in [-0.15, -0.1) is 0 Å². The van der Waals surface area contributed by atoms with Crippen LogP contribution in [0.4, 0.5) is 0 Å². The molecule has 0 heterocycles. The zero-order valence-corrected chi connectivity index (χ0v) is 19.7. The molecule has 4 saturated carbocycles. The van der Waals surface area contributed by atoms with E-state index in [9.17, 15) is 14.7 Å². The SMILES string of the molecule is C[C@H](CCC(=O)NCC(=O)O)[C@H]1CC[C@@H]2[C@@H]3CC[C@@H]4C[C@H](O)CC[C@]4(C)[C@@H]3CC[C@@]21C. The molecule has 5 nitrogen and oxygen atoms in total. The summed E-state index contributed by atoms with van der Waals surface area (Å²) in [5.74, 6) is 3.23. The number of hydrogen-bond acceptors (Lipinski definition) is 3. The van der Waals surface area contributed by atoms with E-state index < -0.39 is 5.97 Å². The summed E-state index contributed by atoms with van der Waals surface area (Å²) < 4.78 is 0. The minimum absolute atomic E-state index is 0.0760. The second kappa shape index (κ2) is 8.68. The van der Waals surface area contributed by atoms with Crippen LogP contribution in [0.15, 0.2) is 0 Å². The molecule has 0 spiro atoms. The Morgan fingerprint density at radius 2 is 1.71 bits per heavy atom. The van der Waals surface area contributed by atoms with Crippen molar-refractivity contribution in [2.24, 2.45) is 46.3 Å². The highest BCUT2D eigenvalue weighted by atomic mass is 16.4. The maximum absolute atomic E-state index is 12.0. The first-order chi connectivity index (χ1) is 14.6. The molecule has 0 aromatic carbocycles. The molecule has 3 N–H and O–H groups in total. The lowest BCUT2D eigenvalue weighted by Gasteiger charge is -2.61. The summed E-state index contributed by atoms with van der Waals surface area (Å²) in [5.41, 5.74) is 0.810. The maximum atomic E-state index is 12.0. The summed E-state index contributed by atoms with van der Waals surface area (Å²) in [7, 11) is 0. The van der Waals surface area contributed by atoms with Crippen LogP contribution in [0, 0.1) is 46.3 Å². The van der Waals surface area contributed by atoms with E-state index in [0.29, 0.717) is 35.0 Å². The fourth-order valence-electron chi connectivity index (χ4n) is 9.03. The molecule has 0 aromatic heterocycles. The number of nitrogens with one attached hydrogen (secondary N) is 1. The molecule has 5 heteroatoms. The molecular formula is C26H43NO4. The van der Waals surface area contributed by atoms with Gasteiger partial charge in [0.15, 0.2) is 0 Å². The molecule has 176 valence electrons.